The SMILES string of the molecule is CCCCCCCCCCCC(O)C(C(=O)O)C(=O)CC(O)CCCCCCCCCCCC1O[C@H](C)[C@@H](O)[C@H](O)[C@@H]1O. The number of ether oxygens (including phenoxy) is 1. The second kappa shape index (κ2) is 24.2. The van der Waals surface area contributed by atoms with Crippen LogP contribution in [0.4, 0.5) is 0 Å². The normalized spacial score (nSPS) is 24.5. The number of carbonyl (C=O) groups excluding carboxylic acids is 1. The fourth-order valence-corrected chi connectivity index (χ4v) is 6.15. The summed E-state index contributed by atoms with van der Waals surface area (Å²) < 4.78 is 5.64. The molecule has 9 nitrogen and oxygen atoms in total. The third kappa shape index (κ3) is 17.2. The zero-order chi connectivity index (χ0) is 32.0. The van der Waals surface area contributed by atoms with Crippen LogP contribution in [0.5, 0.6) is 0 Å². The number of aliphatic carboxylic acids is 1. The number of Topliss-reactive ketones (excluding diaryl/α,β-unsaturated/α-hetero) is 1. The summed E-state index contributed by atoms with van der Waals surface area (Å²) in [6.45, 7) is 3.90. The van der Waals surface area contributed by atoms with Gasteiger partial charge in [0.05, 0.1) is 24.4 Å². The summed E-state index contributed by atoms with van der Waals surface area (Å²) in [5, 5.41) is 60.0. The summed E-state index contributed by atoms with van der Waals surface area (Å²) in [4.78, 5) is 24.3. The van der Waals surface area contributed by atoms with E-state index in [-0.39, 0.29) is 6.42 Å². The summed E-state index contributed by atoms with van der Waals surface area (Å²) in [7, 11) is 0. The van der Waals surface area contributed by atoms with Crippen LogP contribution in [-0.2, 0) is 14.3 Å². The molecule has 0 radical (unpaired) electrons. The molecule has 43 heavy (non-hydrogen) atoms. The second-order valence-electron chi connectivity index (χ2n) is 12.9. The van der Waals surface area contributed by atoms with Gasteiger partial charge in [-0.15, -0.1) is 0 Å². The van der Waals surface area contributed by atoms with Gasteiger partial charge < -0.3 is 35.4 Å². The van der Waals surface area contributed by atoms with Crippen LogP contribution < -0.4 is 0 Å². The summed E-state index contributed by atoms with van der Waals surface area (Å²) in [5.74, 6) is -3.36. The Balaban J connectivity index is 2.07. The minimum atomic E-state index is -1.47. The van der Waals surface area contributed by atoms with Gasteiger partial charge >= 0.3 is 5.97 Å². The van der Waals surface area contributed by atoms with Crippen molar-refractivity contribution in [1.82, 2.24) is 0 Å². The molecule has 9 heteroatoms. The van der Waals surface area contributed by atoms with Crippen LogP contribution >= 0.6 is 0 Å². The number of carbonyl (C=O) groups is 2. The van der Waals surface area contributed by atoms with Crippen molar-refractivity contribution < 1.29 is 45.0 Å². The van der Waals surface area contributed by atoms with Crippen LogP contribution in [0.15, 0.2) is 0 Å². The van der Waals surface area contributed by atoms with Gasteiger partial charge in [-0.3, -0.25) is 9.59 Å². The van der Waals surface area contributed by atoms with Gasteiger partial charge in [0, 0.05) is 6.42 Å². The molecule has 0 aromatic carbocycles. The first-order valence-electron chi connectivity index (χ1n) is 17.4. The number of ketones is 1. The molecule has 0 aromatic heterocycles. The van der Waals surface area contributed by atoms with E-state index in [9.17, 15) is 40.2 Å². The first kappa shape index (κ1) is 39.9. The Kier molecular flexibility index (Phi) is 22.4. The summed E-state index contributed by atoms with van der Waals surface area (Å²) in [5.41, 5.74) is 0. The highest BCUT2D eigenvalue weighted by molar-refractivity contribution is 5.99. The molecule has 0 bridgehead atoms. The third-order valence-corrected chi connectivity index (χ3v) is 9.02. The molecular weight excluding hydrogens is 552 g/mol. The molecule has 1 heterocycles. The summed E-state index contributed by atoms with van der Waals surface area (Å²) in [6.07, 6.45) is 14.0. The largest absolute Gasteiger partial charge is 0.481 e. The lowest BCUT2D eigenvalue weighted by molar-refractivity contribution is -0.218. The van der Waals surface area contributed by atoms with Gasteiger partial charge in [-0.2, -0.15) is 0 Å². The molecule has 4 unspecified atom stereocenters. The van der Waals surface area contributed by atoms with E-state index in [4.69, 9.17) is 4.74 Å². The predicted molar refractivity (Wildman–Crippen MR) is 168 cm³/mol. The molecule has 0 aromatic rings. The fraction of sp³-hybridized carbons (Fsp3) is 0.941. The number of aliphatic hydroxyl groups is 5. The zero-order valence-corrected chi connectivity index (χ0v) is 27.1. The maximum Gasteiger partial charge on any atom is 0.316 e. The second-order valence-corrected chi connectivity index (χ2v) is 12.9. The van der Waals surface area contributed by atoms with Crippen LogP contribution in [0, 0.1) is 5.92 Å². The summed E-state index contributed by atoms with van der Waals surface area (Å²) in [6, 6.07) is 0. The fourth-order valence-electron chi connectivity index (χ4n) is 6.15. The molecule has 0 spiro atoms. The topological polar surface area (TPSA) is 165 Å². The predicted octanol–water partition coefficient (Wildman–Crippen LogP) is 5.45. The van der Waals surface area contributed by atoms with Crippen molar-refractivity contribution in [2.24, 2.45) is 5.92 Å². The average molecular weight is 617 g/mol. The molecule has 1 rings (SSSR count). The van der Waals surface area contributed by atoms with E-state index in [1.807, 2.05) is 0 Å². The number of carboxylic acids is 1. The highest BCUT2D eigenvalue weighted by Gasteiger charge is 2.41. The number of unbranched alkanes of at least 4 members (excludes halogenated alkanes) is 16. The first-order chi connectivity index (χ1) is 20.6. The molecular formula is C34H64O9. The van der Waals surface area contributed by atoms with Crippen molar-refractivity contribution in [1.29, 1.82) is 0 Å². The smallest absolute Gasteiger partial charge is 0.316 e. The molecule has 0 saturated carbocycles. The molecule has 1 aliphatic rings. The van der Waals surface area contributed by atoms with E-state index in [1.54, 1.807) is 6.92 Å². The minimum absolute atomic E-state index is 0.229. The van der Waals surface area contributed by atoms with E-state index < -0.39 is 60.4 Å². The van der Waals surface area contributed by atoms with E-state index in [2.05, 4.69) is 6.92 Å². The highest BCUT2D eigenvalue weighted by Crippen LogP contribution is 2.25. The Morgan fingerprint density at radius 1 is 0.651 bits per heavy atom. The summed E-state index contributed by atoms with van der Waals surface area (Å²) >= 11 is 0. The van der Waals surface area contributed by atoms with Gasteiger partial charge in [0.2, 0.25) is 0 Å². The van der Waals surface area contributed by atoms with E-state index in [1.165, 1.54) is 32.1 Å². The first-order valence-corrected chi connectivity index (χ1v) is 17.4. The van der Waals surface area contributed by atoms with Gasteiger partial charge in [0.25, 0.3) is 0 Å². The number of hydrogen-bond donors (Lipinski definition) is 6. The molecule has 1 saturated heterocycles. The number of rotatable bonds is 27. The lowest BCUT2D eigenvalue weighted by Gasteiger charge is -2.39. The van der Waals surface area contributed by atoms with Crippen LogP contribution in [0.25, 0.3) is 0 Å². The minimum Gasteiger partial charge on any atom is -0.481 e. The van der Waals surface area contributed by atoms with E-state index in [0.717, 1.165) is 77.0 Å². The van der Waals surface area contributed by atoms with E-state index in [0.29, 0.717) is 25.7 Å². The van der Waals surface area contributed by atoms with Gasteiger partial charge in [-0.1, -0.05) is 122 Å². The number of hydrogen-bond acceptors (Lipinski definition) is 8. The monoisotopic (exact) mass is 616 g/mol. The molecule has 0 amide bonds. The van der Waals surface area contributed by atoms with Crippen molar-refractivity contribution in [3.63, 3.8) is 0 Å². The maximum atomic E-state index is 12.6. The van der Waals surface area contributed by atoms with E-state index >= 15 is 0 Å². The molecule has 8 atom stereocenters. The lowest BCUT2D eigenvalue weighted by Crippen LogP contribution is -2.56. The number of aliphatic hydroxyl groups excluding tert-OH is 5. The Labute approximate surface area is 260 Å². The van der Waals surface area contributed by atoms with Crippen molar-refractivity contribution >= 4 is 11.8 Å². The molecule has 6 N–H and O–H groups in total. The Morgan fingerprint density at radius 3 is 1.63 bits per heavy atom. The van der Waals surface area contributed by atoms with Crippen molar-refractivity contribution in [3.8, 4) is 0 Å². The molecule has 1 aliphatic heterocycles. The quantitative estimate of drug-likeness (QED) is 0.0520. The van der Waals surface area contributed by atoms with Crippen molar-refractivity contribution in [2.75, 3.05) is 0 Å². The zero-order valence-electron chi connectivity index (χ0n) is 27.1. The van der Waals surface area contributed by atoms with Crippen LogP contribution in [0.2, 0.25) is 0 Å². The van der Waals surface area contributed by atoms with Crippen LogP contribution in [0.1, 0.15) is 155 Å². The van der Waals surface area contributed by atoms with Gasteiger partial charge in [0.1, 0.15) is 24.2 Å². The third-order valence-electron chi connectivity index (χ3n) is 9.02. The van der Waals surface area contributed by atoms with Crippen molar-refractivity contribution in [3.05, 3.63) is 0 Å². The van der Waals surface area contributed by atoms with Crippen LogP contribution in [-0.4, -0.2) is 85.1 Å². The molecule has 254 valence electrons. The Bertz CT molecular complexity index is 718. The number of carboxylic acid groups (broad SMARTS) is 1. The Morgan fingerprint density at radius 2 is 1.12 bits per heavy atom. The average Bonchev–Trinajstić information content (AvgIpc) is 2.96. The lowest BCUT2D eigenvalue weighted by atomic mass is 9.89. The maximum absolute atomic E-state index is 12.6. The Hall–Kier alpha value is -1.10. The van der Waals surface area contributed by atoms with Gasteiger partial charge in [-0.05, 0) is 26.2 Å². The van der Waals surface area contributed by atoms with Gasteiger partial charge in [-0.25, -0.2) is 0 Å². The molecule has 1 fully saturated rings. The van der Waals surface area contributed by atoms with Crippen molar-refractivity contribution in [2.45, 2.75) is 198 Å². The van der Waals surface area contributed by atoms with Crippen LogP contribution in [0.3, 0.4) is 0 Å². The highest BCUT2D eigenvalue weighted by atomic mass is 16.5. The van der Waals surface area contributed by atoms with Gasteiger partial charge in [0.15, 0.2) is 5.78 Å². The molecule has 0 aliphatic carbocycles. The standard InChI is InChI=1S/C34H64O9/c1-3-4-5-6-7-9-13-16-19-22-27(36)30(34(41)42)28(37)24-26(35)21-18-15-12-10-8-11-14-17-20-23-29-32(39)33(40)31(38)25(2)43-29/h25-27,29-33,35-36,38-40H,3-24H2,1-2H3,(H,41,42)/t25-,26?,27?,29?,30?,31-,32-,33+/m1/s1.